The van der Waals surface area contributed by atoms with Crippen molar-refractivity contribution in [2.45, 2.75) is 57.7 Å². The summed E-state index contributed by atoms with van der Waals surface area (Å²) in [7, 11) is 0. The highest BCUT2D eigenvalue weighted by molar-refractivity contribution is 5.81. The maximum absolute atomic E-state index is 12.3. The van der Waals surface area contributed by atoms with Crippen LogP contribution in [0.3, 0.4) is 0 Å². The molecule has 0 aliphatic carbocycles. The normalized spacial score (nSPS) is 25.0. The lowest BCUT2D eigenvalue weighted by molar-refractivity contribution is -0.123. The van der Waals surface area contributed by atoms with Crippen molar-refractivity contribution in [3.63, 3.8) is 0 Å². The van der Waals surface area contributed by atoms with Crippen LogP contribution < -0.4 is 15.5 Å². The van der Waals surface area contributed by atoms with E-state index < -0.39 is 0 Å². The number of hydrogen-bond donors (Lipinski definition) is 2. The van der Waals surface area contributed by atoms with Crippen molar-refractivity contribution in [2.24, 2.45) is 0 Å². The van der Waals surface area contributed by atoms with Crippen LogP contribution in [0.2, 0.25) is 0 Å². The van der Waals surface area contributed by atoms with Crippen LogP contribution in [0.15, 0.2) is 12.1 Å². The zero-order chi connectivity index (χ0) is 17.6. The van der Waals surface area contributed by atoms with Crippen LogP contribution >= 0.6 is 0 Å². The van der Waals surface area contributed by atoms with E-state index in [0.717, 1.165) is 56.9 Å². The molecule has 1 aromatic heterocycles. The molecule has 2 saturated heterocycles. The summed E-state index contributed by atoms with van der Waals surface area (Å²) in [5.41, 5.74) is 0.923. The van der Waals surface area contributed by atoms with Crippen LogP contribution in [0.25, 0.3) is 0 Å². The molecule has 138 valence electrons. The minimum Gasteiger partial charge on any atom is -0.376 e. The van der Waals surface area contributed by atoms with Crippen molar-refractivity contribution in [3.05, 3.63) is 17.8 Å². The molecule has 3 atom stereocenters. The molecule has 1 aromatic rings. The Labute approximate surface area is 149 Å². The van der Waals surface area contributed by atoms with Gasteiger partial charge in [0.1, 0.15) is 0 Å². The average molecular weight is 347 g/mol. The van der Waals surface area contributed by atoms with E-state index >= 15 is 0 Å². The number of carbonyl (C=O) groups excluding carboxylic acids is 1. The zero-order valence-corrected chi connectivity index (χ0v) is 15.2. The SMILES string of the molecule is Cc1ccc(N2CCC[C@H](N[C@@H](C)C(=O)NC[C@@H]3CCCO3)C2)nn1. The Morgan fingerprint density at radius 3 is 2.96 bits per heavy atom. The van der Waals surface area contributed by atoms with Crippen LogP contribution in [-0.2, 0) is 9.53 Å². The Hall–Kier alpha value is -1.73. The van der Waals surface area contributed by atoms with Crippen molar-refractivity contribution in [1.29, 1.82) is 0 Å². The Kier molecular flexibility index (Phi) is 6.20. The Morgan fingerprint density at radius 2 is 2.24 bits per heavy atom. The summed E-state index contributed by atoms with van der Waals surface area (Å²) in [5.74, 6) is 0.954. The van der Waals surface area contributed by atoms with E-state index in [0.29, 0.717) is 6.54 Å². The summed E-state index contributed by atoms with van der Waals surface area (Å²) in [4.78, 5) is 14.5. The second kappa shape index (κ2) is 8.58. The summed E-state index contributed by atoms with van der Waals surface area (Å²) in [6.45, 7) is 7.12. The number of hydrogen-bond acceptors (Lipinski definition) is 6. The van der Waals surface area contributed by atoms with Gasteiger partial charge >= 0.3 is 0 Å². The summed E-state index contributed by atoms with van der Waals surface area (Å²) < 4.78 is 5.55. The number of nitrogens with one attached hydrogen (secondary N) is 2. The lowest BCUT2D eigenvalue weighted by Gasteiger charge is -2.35. The standard InChI is InChI=1S/C18H29N5O2/c1-13-7-8-17(22-21-13)23-9-3-5-15(12-23)20-14(2)18(24)19-11-16-6-4-10-25-16/h7-8,14-16,20H,3-6,9-12H2,1-2H3,(H,19,24)/t14-,15-,16-/m0/s1. The van der Waals surface area contributed by atoms with Crippen molar-refractivity contribution in [2.75, 3.05) is 31.1 Å². The highest BCUT2D eigenvalue weighted by Crippen LogP contribution is 2.17. The van der Waals surface area contributed by atoms with Gasteiger partial charge < -0.3 is 20.3 Å². The molecule has 3 heterocycles. The summed E-state index contributed by atoms with van der Waals surface area (Å²) >= 11 is 0. The molecular weight excluding hydrogens is 318 g/mol. The number of piperidine rings is 1. The van der Waals surface area contributed by atoms with Crippen molar-refractivity contribution >= 4 is 11.7 Å². The second-order valence-electron chi connectivity index (χ2n) is 7.09. The molecule has 7 heteroatoms. The third-order valence-electron chi connectivity index (χ3n) is 4.94. The van der Waals surface area contributed by atoms with Crippen LogP contribution in [0.5, 0.6) is 0 Å². The van der Waals surface area contributed by atoms with Gasteiger partial charge in [-0.15, -0.1) is 5.10 Å². The minimum absolute atomic E-state index is 0.0442. The molecule has 2 N–H and O–H groups in total. The number of amides is 1. The van der Waals surface area contributed by atoms with Crippen molar-refractivity contribution in [3.8, 4) is 0 Å². The fraction of sp³-hybridized carbons (Fsp3) is 0.722. The lowest BCUT2D eigenvalue weighted by Crippen LogP contribution is -2.53. The molecule has 1 amide bonds. The molecular formula is C18H29N5O2. The summed E-state index contributed by atoms with van der Waals surface area (Å²) in [6, 6.07) is 4.07. The van der Waals surface area contributed by atoms with Crippen LogP contribution in [0.4, 0.5) is 5.82 Å². The number of ether oxygens (including phenoxy) is 1. The van der Waals surface area contributed by atoms with E-state index in [2.05, 4.69) is 25.7 Å². The van der Waals surface area contributed by atoms with Crippen LogP contribution in [-0.4, -0.2) is 60.5 Å². The predicted octanol–water partition coefficient (Wildman–Crippen LogP) is 1.03. The first-order valence-corrected chi connectivity index (χ1v) is 9.32. The number of rotatable bonds is 6. The fourth-order valence-corrected chi connectivity index (χ4v) is 3.48. The van der Waals surface area contributed by atoms with Gasteiger partial charge in [0.2, 0.25) is 5.91 Å². The Bertz CT molecular complexity index is 559. The molecule has 0 unspecified atom stereocenters. The Morgan fingerprint density at radius 1 is 1.36 bits per heavy atom. The van der Waals surface area contributed by atoms with E-state index in [1.54, 1.807) is 0 Å². The van der Waals surface area contributed by atoms with E-state index in [9.17, 15) is 4.79 Å². The van der Waals surface area contributed by atoms with Gasteiger partial charge in [-0.05, 0) is 51.7 Å². The molecule has 0 spiro atoms. The van der Waals surface area contributed by atoms with Gasteiger partial charge in [-0.1, -0.05) is 0 Å². The first-order chi connectivity index (χ1) is 12.1. The van der Waals surface area contributed by atoms with Crippen LogP contribution in [0, 0.1) is 6.92 Å². The summed E-state index contributed by atoms with van der Waals surface area (Å²) in [5, 5.41) is 14.9. The average Bonchev–Trinajstić information content (AvgIpc) is 3.14. The van der Waals surface area contributed by atoms with E-state index in [1.165, 1.54) is 0 Å². The van der Waals surface area contributed by atoms with Crippen molar-refractivity contribution in [1.82, 2.24) is 20.8 Å². The van der Waals surface area contributed by atoms with Gasteiger partial charge in [0.25, 0.3) is 0 Å². The molecule has 2 aliphatic rings. The number of anilines is 1. The molecule has 25 heavy (non-hydrogen) atoms. The van der Waals surface area contributed by atoms with Gasteiger partial charge in [-0.25, -0.2) is 0 Å². The topological polar surface area (TPSA) is 79.4 Å². The molecule has 0 radical (unpaired) electrons. The lowest BCUT2D eigenvalue weighted by atomic mass is 10.0. The van der Waals surface area contributed by atoms with Gasteiger partial charge in [0.15, 0.2) is 5.82 Å². The van der Waals surface area contributed by atoms with Gasteiger partial charge in [0, 0.05) is 32.3 Å². The molecule has 0 aromatic carbocycles. The third-order valence-corrected chi connectivity index (χ3v) is 4.94. The third kappa shape index (κ3) is 5.12. The monoisotopic (exact) mass is 347 g/mol. The van der Waals surface area contributed by atoms with E-state index in [4.69, 9.17) is 4.74 Å². The molecule has 0 saturated carbocycles. The maximum atomic E-state index is 12.3. The fourth-order valence-electron chi connectivity index (χ4n) is 3.48. The first-order valence-electron chi connectivity index (χ1n) is 9.32. The van der Waals surface area contributed by atoms with Gasteiger partial charge in [0.05, 0.1) is 17.8 Å². The van der Waals surface area contributed by atoms with Gasteiger partial charge in [-0.2, -0.15) is 5.10 Å². The number of aryl methyl sites for hydroxylation is 1. The van der Waals surface area contributed by atoms with E-state index in [1.807, 2.05) is 26.0 Å². The highest BCUT2D eigenvalue weighted by Gasteiger charge is 2.25. The Balaban J connectivity index is 1.46. The van der Waals surface area contributed by atoms with Crippen LogP contribution in [0.1, 0.15) is 38.3 Å². The molecule has 7 nitrogen and oxygen atoms in total. The predicted molar refractivity (Wildman–Crippen MR) is 96.6 cm³/mol. The summed E-state index contributed by atoms with van der Waals surface area (Å²) in [6.07, 6.45) is 4.46. The van der Waals surface area contributed by atoms with E-state index in [-0.39, 0.29) is 24.1 Å². The number of carbonyl (C=O) groups is 1. The molecule has 2 fully saturated rings. The maximum Gasteiger partial charge on any atom is 0.236 e. The second-order valence-corrected chi connectivity index (χ2v) is 7.09. The molecule has 0 bridgehead atoms. The van der Waals surface area contributed by atoms with Crippen molar-refractivity contribution < 1.29 is 9.53 Å². The van der Waals surface area contributed by atoms with Gasteiger partial charge in [-0.3, -0.25) is 4.79 Å². The highest BCUT2D eigenvalue weighted by atomic mass is 16.5. The molecule has 2 aliphatic heterocycles. The molecule has 3 rings (SSSR count). The number of aromatic nitrogens is 2. The first kappa shape index (κ1) is 18.1. The number of nitrogens with zero attached hydrogens (tertiary/aromatic N) is 3. The quantitative estimate of drug-likeness (QED) is 0.800. The minimum atomic E-state index is -0.213. The largest absolute Gasteiger partial charge is 0.376 e. The smallest absolute Gasteiger partial charge is 0.236 e. The zero-order valence-electron chi connectivity index (χ0n) is 15.2.